The molecule has 1 aromatic carbocycles. The zero-order valence-corrected chi connectivity index (χ0v) is 13.3. The Morgan fingerprint density at radius 3 is 3.04 bits per heavy atom. The summed E-state index contributed by atoms with van der Waals surface area (Å²) in [5.74, 6) is 0.134. The minimum Gasteiger partial charge on any atom is -0.379 e. The summed E-state index contributed by atoms with van der Waals surface area (Å²) >= 11 is 0. The number of carbonyl (C=O) groups excluding carboxylic acids is 1. The highest BCUT2D eigenvalue weighted by Crippen LogP contribution is 2.28. The van der Waals surface area contributed by atoms with Crippen molar-refractivity contribution in [2.24, 2.45) is 0 Å². The lowest BCUT2D eigenvalue weighted by Gasteiger charge is -2.16. The van der Waals surface area contributed by atoms with E-state index in [0.29, 0.717) is 19.5 Å². The first-order chi connectivity index (χ1) is 11.7. The van der Waals surface area contributed by atoms with Gasteiger partial charge in [-0.2, -0.15) is 20.5 Å². The largest absolute Gasteiger partial charge is 0.379 e. The Labute approximate surface area is 138 Å². The Morgan fingerprint density at radius 2 is 2.25 bits per heavy atom. The van der Waals surface area contributed by atoms with Crippen molar-refractivity contribution in [2.75, 3.05) is 20.2 Å². The molecule has 3 aromatic rings. The highest BCUT2D eigenvalue weighted by molar-refractivity contribution is 5.83. The van der Waals surface area contributed by atoms with Crippen LogP contribution in [0.25, 0.3) is 10.9 Å². The van der Waals surface area contributed by atoms with Crippen LogP contribution in [0.2, 0.25) is 0 Å². The van der Waals surface area contributed by atoms with Crippen molar-refractivity contribution in [1.82, 2.24) is 30.5 Å². The number of hydrogen-bond donors (Lipinski definition) is 2. The molecule has 8 heteroatoms. The van der Waals surface area contributed by atoms with Gasteiger partial charge < -0.3 is 9.64 Å². The van der Waals surface area contributed by atoms with Gasteiger partial charge in [0.25, 0.3) is 0 Å². The van der Waals surface area contributed by atoms with Crippen molar-refractivity contribution in [1.29, 1.82) is 0 Å². The van der Waals surface area contributed by atoms with Gasteiger partial charge in [0.1, 0.15) is 0 Å². The number of amides is 1. The number of likely N-dealkylation sites (tertiary alicyclic amines) is 1. The minimum absolute atomic E-state index is 0.0489. The molecule has 1 amide bonds. The van der Waals surface area contributed by atoms with Crippen molar-refractivity contribution >= 4 is 16.8 Å². The average Bonchev–Trinajstić information content (AvgIpc) is 3.32. The molecule has 1 aliphatic heterocycles. The van der Waals surface area contributed by atoms with Gasteiger partial charge in [-0.1, -0.05) is 12.1 Å². The van der Waals surface area contributed by atoms with Gasteiger partial charge in [-0.25, -0.2) is 0 Å². The Kier molecular flexibility index (Phi) is 3.73. The van der Waals surface area contributed by atoms with Crippen LogP contribution in [0, 0.1) is 0 Å². The van der Waals surface area contributed by atoms with Crippen LogP contribution in [0.1, 0.15) is 17.2 Å². The molecule has 24 heavy (non-hydrogen) atoms. The molecule has 0 spiro atoms. The molecule has 3 heterocycles. The maximum atomic E-state index is 12.7. The molecule has 0 bridgehead atoms. The van der Waals surface area contributed by atoms with Crippen LogP contribution in [0.15, 0.2) is 30.6 Å². The number of nitrogens with zero attached hydrogens (tertiary/aromatic N) is 4. The van der Waals surface area contributed by atoms with Gasteiger partial charge in [-0.15, -0.1) is 0 Å². The molecule has 2 aromatic heterocycles. The van der Waals surface area contributed by atoms with Crippen molar-refractivity contribution in [3.63, 3.8) is 0 Å². The SMILES string of the molecule is CO[C@@H]1CN(C(=O)Cc2ccc3cn[nH]c3c2)C[C@H]1c1cn[nH]n1. The van der Waals surface area contributed by atoms with Crippen LogP contribution < -0.4 is 0 Å². The maximum absolute atomic E-state index is 12.7. The normalized spacial score (nSPS) is 20.8. The summed E-state index contributed by atoms with van der Waals surface area (Å²) in [5.41, 5.74) is 2.74. The van der Waals surface area contributed by atoms with Gasteiger partial charge in [0.15, 0.2) is 0 Å². The predicted molar refractivity (Wildman–Crippen MR) is 86.3 cm³/mol. The number of fused-ring (bicyclic) bond motifs is 1. The predicted octanol–water partition coefficient (Wildman–Crippen LogP) is 0.864. The third-order valence-corrected chi connectivity index (χ3v) is 4.60. The lowest BCUT2D eigenvalue weighted by Crippen LogP contribution is -2.31. The van der Waals surface area contributed by atoms with E-state index in [0.717, 1.165) is 22.2 Å². The van der Waals surface area contributed by atoms with E-state index in [1.54, 1.807) is 19.5 Å². The molecule has 2 N–H and O–H groups in total. The van der Waals surface area contributed by atoms with Crippen LogP contribution in [0.4, 0.5) is 0 Å². The number of aromatic nitrogens is 5. The lowest BCUT2D eigenvalue weighted by atomic mass is 10.0. The summed E-state index contributed by atoms with van der Waals surface area (Å²) in [6.07, 6.45) is 3.76. The van der Waals surface area contributed by atoms with Gasteiger partial charge in [0.05, 0.1) is 42.0 Å². The number of rotatable bonds is 4. The van der Waals surface area contributed by atoms with Gasteiger partial charge in [0.2, 0.25) is 5.91 Å². The van der Waals surface area contributed by atoms with E-state index in [9.17, 15) is 4.79 Å². The van der Waals surface area contributed by atoms with Gasteiger partial charge in [0, 0.05) is 25.6 Å². The second kappa shape index (κ2) is 6.04. The van der Waals surface area contributed by atoms with E-state index in [1.807, 2.05) is 23.1 Å². The summed E-state index contributed by atoms with van der Waals surface area (Å²) in [6.45, 7) is 1.16. The molecule has 0 unspecified atom stereocenters. The van der Waals surface area contributed by atoms with Crippen LogP contribution in [-0.2, 0) is 16.0 Å². The number of ether oxygens (including phenoxy) is 1. The number of H-pyrrole nitrogens is 2. The van der Waals surface area contributed by atoms with Crippen LogP contribution >= 0.6 is 0 Å². The standard InChI is InChI=1S/C16H18N6O2/c1-24-15-9-22(8-12(15)14-7-18-21-20-14)16(23)5-10-2-3-11-6-17-19-13(11)4-10/h2-4,6-7,12,15H,5,8-9H2,1H3,(H,17,19)(H,18,20,21)/t12-,15+/m0/s1. The molecule has 1 fully saturated rings. The Bertz CT molecular complexity index is 843. The summed E-state index contributed by atoms with van der Waals surface area (Å²) < 4.78 is 5.54. The average molecular weight is 326 g/mol. The first-order valence-corrected chi connectivity index (χ1v) is 7.83. The molecular weight excluding hydrogens is 308 g/mol. The number of carbonyl (C=O) groups is 1. The Hall–Kier alpha value is -2.74. The fraction of sp³-hybridized carbons (Fsp3) is 0.375. The molecular formula is C16H18N6O2. The Balaban J connectivity index is 1.48. The fourth-order valence-electron chi connectivity index (χ4n) is 3.27. The maximum Gasteiger partial charge on any atom is 0.227 e. The van der Waals surface area contributed by atoms with E-state index in [2.05, 4.69) is 25.6 Å². The highest BCUT2D eigenvalue weighted by Gasteiger charge is 2.37. The summed E-state index contributed by atoms with van der Waals surface area (Å²) in [4.78, 5) is 14.5. The first-order valence-electron chi connectivity index (χ1n) is 7.83. The smallest absolute Gasteiger partial charge is 0.227 e. The third kappa shape index (κ3) is 2.65. The molecule has 8 nitrogen and oxygen atoms in total. The monoisotopic (exact) mass is 326 g/mol. The molecule has 124 valence electrons. The molecule has 0 saturated carbocycles. The molecule has 1 aliphatic rings. The Morgan fingerprint density at radius 1 is 1.33 bits per heavy atom. The molecule has 2 atom stereocenters. The zero-order valence-electron chi connectivity index (χ0n) is 13.3. The van der Waals surface area contributed by atoms with Gasteiger partial charge >= 0.3 is 0 Å². The number of benzene rings is 1. The second-order valence-corrected chi connectivity index (χ2v) is 6.04. The minimum atomic E-state index is -0.0610. The van der Waals surface area contributed by atoms with Crippen molar-refractivity contribution < 1.29 is 9.53 Å². The first kappa shape index (κ1) is 14.8. The zero-order chi connectivity index (χ0) is 16.5. The van der Waals surface area contributed by atoms with Crippen LogP contribution in [-0.4, -0.2) is 62.7 Å². The van der Waals surface area contributed by atoms with E-state index in [1.165, 1.54) is 0 Å². The lowest BCUT2D eigenvalue weighted by molar-refractivity contribution is -0.129. The van der Waals surface area contributed by atoms with Crippen molar-refractivity contribution in [2.45, 2.75) is 18.4 Å². The molecule has 1 saturated heterocycles. The third-order valence-electron chi connectivity index (χ3n) is 4.60. The van der Waals surface area contributed by atoms with Gasteiger partial charge in [-0.3, -0.25) is 9.89 Å². The highest BCUT2D eigenvalue weighted by atomic mass is 16.5. The number of hydrogen-bond acceptors (Lipinski definition) is 5. The van der Waals surface area contributed by atoms with Crippen LogP contribution in [0.5, 0.6) is 0 Å². The fourth-order valence-corrected chi connectivity index (χ4v) is 3.27. The van der Waals surface area contributed by atoms with E-state index in [-0.39, 0.29) is 17.9 Å². The van der Waals surface area contributed by atoms with E-state index < -0.39 is 0 Å². The number of methoxy groups -OCH3 is 1. The molecule has 4 rings (SSSR count). The number of nitrogens with one attached hydrogen (secondary N) is 2. The summed E-state index contributed by atoms with van der Waals surface area (Å²) in [7, 11) is 1.66. The topological polar surface area (TPSA) is 99.8 Å². The van der Waals surface area contributed by atoms with Crippen LogP contribution in [0.3, 0.4) is 0 Å². The summed E-state index contributed by atoms with van der Waals surface area (Å²) in [5, 5.41) is 18.6. The number of aromatic amines is 2. The molecule has 0 radical (unpaired) electrons. The quantitative estimate of drug-likeness (QED) is 0.741. The van der Waals surface area contributed by atoms with E-state index in [4.69, 9.17) is 4.74 Å². The van der Waals surface area contributed by atoms with Gasteiger partial charge in [-0.05, 0) is 11.6 Å². The summed E-state index contributed by atoms with van der Waals surface area (Å²) in [6, 6.07) is 5.91. The van der Waals surface area contributed by atoms with E-state index >= 15 is 0 Å². The van der Waals surface area contributed by atoms with Crippen molar-refractivity contribution in [3.05, 3.63) is 41.9 Å². The second-order valence-electron chi connectivity index (χ2n) is 6.04. The van der Waals surface area contributed by atoms with Crippen molar-refractivity contribution in [3.8, 4) is 0 Å². The molecule has 0 aliphatic carbocycles.